The van der Waals surface area contributed by atoms with E-state index in [1.807, 2.05) is 0 Å². The van der Waals surface area contributed by atoms with Crippen LogP contribution in [0.4, 0.5) is 27.6 Å². The van der Waals surface area contributed by atoms with Crippen LogP contribution in [0.5, 0.6) is 11.5 Å². The minimum atomic E-state index is -4.40. The SMILES string of the molecule is O=C(CCOCCOCCOCc1cn(CCOCCOCCC(=O)Oc2c(F)c(F)c(F)c(F)c2F)nn1)Nc1ccc(O[C@H]2O[C@H](CCP(=O)(O)O)[C@@H](O)[C@H](O)[C@@H]2O)cc1. The number of aliphatic hydroxyl groups is 3. The second kappa shape index (κ2) is 25.2. The fraction of sp³-hybridized carbons (Fsp3) is 0.556. The monoisotopic (exact) mass is 916 g/mol. The maximum Gasteiger partial charge on any atom is 0.325 e. The van der Waals surface area contributed by atoms with E-state index in [-0.39, 0.29) is 90.6 Å². The lowest BCUT2D eigenvalue weighted by Crippen LogP contribution is -2.59. The lowest BCUT2D eigenvalue weighted by atomic mass is 9.97. The van der Waals surface area contributed by atoms with Crippen LogP contribution in [0, 0.1) is 29.1 Å². The number of aliphatic hydroxyl groups excluding tert-OH is 3. The molecule has 1 aromatic heterocycles. The molecule has 26 heteroatoms. The molecule has 4 rings (SSSR count). The maximum absolute atomic E-state index is 13.6. The Morgan fingerprint density at radius 3 is 1.94 bits per heavy atom. The first-order valence-corrected chi connectivity index (χ1v) is 20.6. The predicted molar refractivity (Wildman–Crippen MR) is 198 cm³/mol. The zero-order chi connectivity index (χ0) is 45.2. The first-order chi connectivity index (χ1) is 29.5. The van der Waals surface area contributed by atoms with E-state index in [1.165, 1.54) is 28.9 Å². The molecule has 0 bridgehead atoms. The average molecular weight is 917 g/mol. The number of carbonyl (C=O) groups is 2. The van der Waals surface area contributed by atoms with Gasteiger partial charge in [-0.05, 0) is 30.7 Å². The Labute approximate surface area is 349 Å². The summed E-state index contributed by atoms with van der Waals surface area (Å²) in [5.41, 5.74) is 0.984. The van der Waals surface area contributed by atoms with Crippen LogP contribution in [-0.4, -0.2) is 148 Å². The van der Waals surface area contributed by atoms with Crippen molar-refractivity contribution in [2.75, 3.05) is 70.9 Å². The quantitative estimate of drug-likeness (QED) is 0.0120. The summed E-state index contributed by atoms with van der Waals surface area (Å²) in [4.78, 5) is 42.3. The van der Waals surface area contributed by atoms with Gasteiger partial charge in [0.15, 0.2) is 0 Å². The highest BCUT2D eigenvalue weighted by atomic mass is 31.2. The summed E-state index contributed by atoms with van der Waals surface area (Å²) in [7, 11) is -4.40. The van der Waals surface area contributed by atoms with Gasteiger partial charge in [0.05, 0.1) is 104 Å². The third-order valence-corrected chi connectivity index (χ3v) is 9.33. The molecule has 1 saturated heterocycles. The molecule has 6 N–H and O–H groups in total. The number of anilines is 1. The minimum Gasteiger partial charge on any atom is -0.462 e. The molecule has 0 unspecified atom stereocenters. The van der Waals surface area contributed by atoms with Crippen LogP contribution in [0.3, 0.4) is 0 Å². The van der Waals surface area contributed by atoms with Gasteiger partial charge in [0.25, 0.3) is 0 Å². The summed E-state index contributed by atoms with van der Waals surface area (Å²) in [5, 5.41) is 41.2. The zero-order valence-corrected chi connectivity index (χ0v) is 33.7. The molecule has 0 spiro atoms. The Hall–Kier alpha value is -4.24. The van der Waals surface area contributed by atoms with Crippen LogP contribution in [0.2, 0.25) is 0 Å². The molecule has 3 aromatic rings. The van der Waals surface area contributed by atoms with Gasteiger partial charge < -0.3 is 68.3 Å². The van der Waals surface area contributed by atoms with Gasteiger partial charge >= 0.3 is 13.6 Å². The van der Waals surface area contributed by atoms with E-state index >= 15 is 0 Å². The van der Waals surface area contributed by atoms with E-state index in [1.54, 1.807) is 6.20 Å². The fourth-order valence-corrected chi connectivity index (χ4v) is 5.88. The standard InChI is InChI=1S/C36H46F5N4O16P/c37-27-28(38)30(40)35(31(41)29(27)39)61-26(47)6-10-55-12-14-56-11-8-45-19-22(43-44-45)20-58-17-16-57-15-13-54-9-5-25(46)42-21-1-3-23(4-2-21)59-36-34(50)33(49)32(48)24(60-36)7-18-62(51,52)53/h1-4,19,24,32-34,36,48-50H,5-18,20H2,(H,42,46)(H2,51,52,53)/t24-,32-,33+,34+,36+/m1/s1. The second-order valence-electron chi connectivity index (χ2n) is 13.2. The number of ether oxygens (including phenoxy) is 8. The molecule has 0 saturated carbocycles. The number of carbonyl (C=O) groups excluding carboxylic acids is 2. The highest BCUT2D eigenvalue weighted by Crippen LogP contribution is 2.37. The number of esters is 1. The van der Waals surface area contributed by atoms with Gasteiger partial charge in [-0.3, -0.25) is 14.2 Å². The van der Waals surface area contributed by atoms with E-state index in [2.05, 4.69) is 20.4 Å². The number of halogens is 5. The lowest BCUT2D eigenvalue weighted by molar-refractivity contribution is -0.272. The van der Waals surface area contributed by atoms with E-state index in [0.29, 0.717) is 17.9 Å². The van der Waals surface area contributed by atoms with Gasteiger partial charge in [0, 0.05) is 5.69 Å². The molecule has 0 radical (unpaired) electrons. The summed E-state index contributed by atoms with van der Waals surface area (Å²) in [6, 6.07) is 5.96. The van der Waals surface area contributed by atoms with Gasteiger partial charge in [-0.25, -0.2) is 17.9 Å². The Bertz CT molecular complexity index is 1900. The van der Waals surface area contributed by atoms with Crippen molar-refractivity contribution in [2.24, 2.45) is 0 Å². The van der Waals surface area contributed by atoms with Crippen LogP contribution in [0.25, 0.3) is 0 Å². The highest BCUT2D eigenvalue weighted by Gasteiger charge is 2.45. The summed E-state index contributed by atoms with van der Waals surface area (Å²) in [6.07, 6.45) is -7.27. The van der Waals surface area contributed by atoms with Crippen molar-refractivity contribution in [3.8, 4) is 11.5 Å². The first-order valence-electron chi connectivity index (χ1n) is 18.8. The Balaban J connectivity index is 0.959. The van der Waals surface area contributed by atoms with Gasteiger partial charge in [0.2, 0.25) is 47.0 Å². The van der Waals surface area contributed by atoms with E-state index in [0.717, 1.165) is 0 Å². The number of nitrogens with zero attached hydrogens (tertiary/aromatic N) is 3. The summed E-state index contributed by atoms with van der Waals surface area (Å²) >= 11 is 0. The molecule has 1 fully saturated rings. The normalized spacial score (nSPS) is 19.1. The molecule has 2 heterocycles. The highest BCUT2D eigenvalue weighted by molar-refractivity contribution is 7.51. The third-order valence-electron chi connectivity index (χ3n) is 8.49. The number of rotatable bonds is 27. The fourth-order valence-electron chi connectivity index (χ4n) is 5.29. The first kappa shape index (κ1) is 50.4. The smallest absolute Gasteiger partial charge is 0.325 e. The topological polar surface area (TPSA) is 269 Å². The molecule has 20 nitrogen and oxygen atoms in total. The molecular weight excluding hydrogens is 870 g/mol. The van der Waals surface area contributed by atoms with E-state index in [9.17, 15) is 51.4 Å². The molecule has 0 aliphatic carbocycles. The molecule has 1 aliphatic heterocycles. The molecular formula is C36H46F5N4O16P. The Morgan fingerprint density at radius 2 is 1.31 bits per heavy atom. The van der Waals surface area contributed by atoms with Crippen LogP contribution in [0.1, 0.15) is 25.0 Å². The number of amides is 1. The number of benzene rings is 2. The molecule has 1 amide bonds. The van der Waals surface area contributed by atoms with Crippen LogP contribution in [0.15, 0.2) is 30.5 Å². The van der Waals surface area contributed by atoms with Crippen molar-refractivity contribution >= 4 is 25.2 Å². The van der Waals surface area contributed by atoms with E-state index in [4.69, 9.17) is 42.9 Å². The summed E-state index contributed by atoms with van der Waals surface area (Å²) in [5.74, 6) is -14.5. The van der Waals surface area contributed by atoms with Crippen molar-refractivity contribution in [1.29, 1.82) is 0 Å². The van der Waals surface area contributed by atoms with Crippen molar-refractivity contribution in [1.82, 2.24) is 15.0 Å². The maximum atomic E-state index is 13.6. The van der Waals surface area contributed by atoms with E-state index < -0.39 is 91.7 Å². The van der Waals surface area contributed by atoms with Crippen molar-refractivity contribution in [3.63, 3.8) is 0 Å². The lowest BCUT2D eigenvalue weighted by Gasteiger charge is -2.40. The van der Waals surface area contributed by atoms with Gasteiger partial charge in [0.1, 0.15) is 29.8 Å². The Morgan fingerprint density at radius 1 is 0.742 bits per heavy atom. The van der Waals surface area contributed by atoms with Crippen LogP contribution < -0.4 is 14.8 Å². The summed E-state index contributed by atoms with van der Waals surface area (Å²) < 4.78 is 122. The van der Waals surface area contributed by atoms with Gasteiger partial charge in [-0.15, -0.1) is 5.10 Å². The number of hydrogen-bond donors (Lipinski definition) is 6. The summed E-state index contributed by atoms with van der Waals surface area (Å²) in [6.45, 7) is 1.74. The number of hydrogen-bond acceptors (Lipinski definition) is 16. The van der Waals surface area contributed by atoms with Gasteiger partial charge in [-0.1, -0.05) is 5.21 Å². The molecule has 2 aromatic carbocycles. The predicted octanol–water partition coefficient (Wildman–Crippen LogP) is 1.34. The van der Waals surface area contributed by atoms with Crippen LogP contribution >= 0.6 is 7.60 Å². The molecule has 5 atom stereocenters. The van der Waals surface area contributed by atoms with Crippen molar-refractivity contribution in [3.05, 3.63) is 65.2 Å². The molecule has 62 heavy (non-hydrogen) atoms. The largest absolute Gasteiger partial charge is 0.462 e. The van der Waals surface area contributed by atoms with Crippen molar-refractivity contribution in [2.45, 2.75) is 63.1 Å². The number of nitrogens with one attached hydrogen (secondary N) is 1. The van der Waals surface area contributed by atoms with Crippen molar-refractivity contribution < 1.29 is 99.1 Å². The zero-order valence-electron chi connectivity index (χ0n) is 32.8. The molecule has 346 valence electrons. The number of aromatic nitrogens is 3. The Kier molecular flexibility index (Phi) is 20.5. The third kappa shape index (κ3) is 16.5. The minimum absolute atomic E-state index is 0.0281. The van der Waals surface area contributed by atoms with Crippen LogP contribution in [-0.2, 0) is 55.7 Å². The average Bonchev–Trinajstić information content (AvgIpc) is 3.70. The molecule has 1 aliphatic rings. The van der Waals surface area contributed by atoms with Gasteiger partial charge in [-0.2, -0.15) is 8.78 Å². The second-order valence-corrected chi connectivity index (χ2v) is 15.0.